The number of methoxy groups -OCH3 is 1. The number of ether oxygens (including phenoxy) is 1. The number of amides is 2. The fourth-order valence-electron chi connectivity index (χ4n) is 3.91. The minimum absolute atomic E-state index is 0.237. The number of anilines is 2. The predicted octanol–water partition coefficient (Wildman–Crippen LogP) is 4.87. The van der Waals surface area contributed by atoms with Crippen LogP contribution in [0.15, 0.2) is 42.5 Å². The number of aromatic nitrogens is 3. The molecule has 162 valence electrons. The van der Waals surface area contributed by atoms with Gasteiger partial charge in [0.2, 0.25) is 0 Å². The van der Waals surface area contributed by atoms with Gasteiger partial charge in [-0.15, -0.1) is 10.2 Å². The van der Waals surface area contributed by atoms with Crippen molar-refractivity contribution in [1.82, 2.24) is 14.8 Å². The highest BCUT2D eigenvalue weighted by Crippen LogP contribution is 2.31. The Morgan fingerprint density at radius 1 is 1.06 bits per heavy atom. The molecule has 31 heavy (non-hydrogen) atoms. The van der Waals surface area contributed by atoms with Gasteiger partial charge in [0.25, 0.3) is 0 Å². The molecule has 4 rings (SSSR count). The van der Waals surface area contributed by atoms with E-state index in [9.17, 15) is 4.79 Å². The number of nitrogens with zero attached hydrogens (tertiary/aromatic N) is 4. The molecule has 7 nitrogen and oxygen atoms in total. The third kappa shape index (κ3) is 4.71. The Hall–Kier alpha value is -3.35. The van der Waals surface area contributed by atoms with Gasteiger partial charge in [-0.2, -0.15) is 0 Å². The lowest BCUT2D eigenvalue weighted by Gasteiger charge is -2.25. The van der Waals surface area contributed by atoms with Crippen LogP contribution in [0.3, 0.4) is 0 Å². The molecule has 2 aromatic carbocycles. The van der Waals surface area contributed by atoms with Crippen molar-refractivity contribution in [3.05, 3.63) is 65.2 Å². The number of hydrogen-bond acceptors (Lipinski definition) is 4. The van der Waals surface area contributed by atoms with Gasteiger partial charge in [0.15, 0.2) is 5.82 Å². The van der Waals surface area contributed by atoms with E-state index in [2.05, 4.69) is 20.1 Å². The first-order valence-electron chi connectivity index (χ1n) is 10.8. The Balaban J connectivity index is 1.69. The summed E-state index contributed by atoms with van der Waals surface area (Å²) in [4.78, 5) is 15.1. The summed E-state index contributed by atoms with van der Waals surface area (Å²) < 4.78 is 7.75. The number of hydrogen-bond donors (Lipinski definition) is 1. The van der Waals surface area contributed by atoms with Crippen LogP contribution >= 0.6 is 0 Å². The fraction of sp³-hybridized carbons (Fsp3) is 0.375. The summed E-state index contributed by atoms with van der Waals surface area (Å²) in [5, 5.41) is 11.9. The van der Waals surface area contributed by atoms with Gasteiger partial charge >= 0.3 is 6.03 Å². The van der Waals surface area contributed by atoms with E-state index in [4.69, 9.17) is 4.74 Å². The van der Waals surface area contributed by atoms with Crippen LogP contribution in [0.4, 0.5) is 16.2 Å². The zero-order chi connectivity index (χ0) is 21.8. The Labute approximate surface area is 183 Å². The van der Waals surface area contributed by atoms with E-state index in [-0.39, 0.29) is 6.03 Å². The molecule has 1 aliphatic rings. The number of carbonyl (C=O) groups is 1. The molecule has 0 saturated carbocycles. The number of nitrogens with one attached hydrogen (secondary N) is 1. The molecule has 7 heteroatoms. The molecule has 1 aromatic heterocycles. The van der Waals surface area contributed by atoms with Gasteiger partial charge in [-0.3, -0.25) is 4.90 Å². The Morgan fingerprint density at radius 3 is 2.61 bits per heavy atom. The van der Waals surface area contributed by atoms with E-state index in [0.717, 1.165) is 54.3 Å². The van der Waals surface area contributed by atoms with E-state index in [1.165, 1.54) is 6.42 Å². The van der Waals surface area contributed by atoms with E-state index in [0.29, 0.717) is 18.0 Å². The maximum absolute atomic E-state index is 13.4. The van der Waals surface area contributed by atoms with Crippen LogP contribution in [0.1, 0.15) is 42.0 Å². The largest absolute Gasteiger partial charge is 0.495 e. The second-order valence-electron chi connectivity index (χ2n) is 8.05. The number of fused-ring (bicyclic) bond motifs is 1. The topological polar surface area (TPSA) is 72.3 Å². The van der Waals surface area contributed by atoms with Crippen LogP contribution < -0.4 is 15.0 Å². The number of aryl methyl sites for hydroxylation is 3. The molecule has 0 bridgehead atoms. The highest BCUT2D eigenvalue weighted by atomic mass is 16.5. The van der Waals surface area contributed by atoms with Crippen LogP contribution in [0.25, 0.3) is 0 Å². The van der Waals surface area contributed by atoms with Crippen LogP contribution in [-0.2, 0) is 19.5 Å². The van der Waals surface area contributed by atoms with E-state index in [1.807, 2.05) is 56.3 Å². The Morgan fingerprint density at radius 2 is 1.84 bits per heavy atom. The summed E-state index contributed by atoms with van der Waals surface area (Å²) in [6.07, 6.45) is 4.34. The summed E-state index contributed by atoms with van der Waals surface area (Å²) in [5.41, 5.74) is 3.63. The lowest BCUT2D eigenvalue weighted by Crippen LogP contribution is -2.36. The lowest BCUT2D eigenvalue weighted by molar-refractivity contribution is 0.256. The van der Waals surface area contributed by atoms with E-state index < -0.39 is 0 Å². The molecule has 0 saturated heterocycles. The minimum atomic E-state index is -0.237. The summed E-state index contributed by atoms with van der Waals surface area (Å²) in [7, 11) is 1.62. The maximum atomic E-state index is 13.4. The normalized spacial score (nSPS) is 13.3. The van der Waals surface area contributed by atoms with Gasteiger partial charge in [-0.1, -0.05) is 30.2 Å². The van der Waals surface area contributed by atoms with Crippen molar-refractivity contribution < 1.29 is 9.53 Å². The zero-order valence-electron chi connectivity index (χ0n) is 18.4. The predicted molar refractivity (Wildman–Crippen MR) is 122 cm³/mol. The molecule has 0 atom stereocenters. The first kappa shape index (κ1) is 20.9. The average Bonchev–Trinajstić information content (AvgIpc) is 2.99. The summed E-state index contributed by atoms with van der Waals surface area (Å²) in [6, 6.07) is 13.4. The van der Waals surface area contributed by atoms with Crippen molar-refractivity contribution in [3.63, 3.8) is 0 Å². The molecule has 0 spiro atoms. The van der Waals surface area contributed by atoms with Crippen LogP contribution in [0.5, 0.6) is 5.75 Å². The third-order valence-corrected chi connectivity index (χ3v) is 5.66. The minimum Gasteiger partial charge on any atom is -0.495 e. The van der Waals surface area contributed by atoms with Gasteiger partial charge in [-0.25, -0.2) is 4.79 Å². The standard InChI is InChI=1S/C24H29N5O2/c1-17-8-11-19(12-9-17)25-24(30)29(20-15-18(2)10-13-21(20)31-3)16-23-27-26-22-7-5-4-6-14-28(22)23/h8-13,15H,4-7,14,16H2,1-3H3,(H,25,30). The summed E-state index contributed by atoms with van der Waals surface area (Å²) in [5.74, 6) is 2.43. The smallest absolute Gasteiger partial charge is 0.326 e. The molecule has 0 radical (unpaired) electrons. The highest BCUT2D eigenvalue weighted by Gasteiger charge is 2.24. The lowest BCUT2D eigenvalue weighted by atomic mass is 10.2. The van der Waals surface area contributed by atoms with Crippen LogP contribution in [0.2, 0.25) is 0 Å². The molecule has 2 amide bonds. The molecule has 0 aliphatic carbocycles. The molecule has 1 N–H and O–H groups in total. The average molecular weight is 420 g/mol. The maximum Gasteiger partial charge on any atom is 0.326 e. The third-order valence-electron chi connectivity index (χ3n) is 5.66. The monoisotopic (exact) mass is 419 g/mol. The first-order chi connectivity index (χ1) is 15.0. The van der Waals surface area contributed by atoms with Gasteiger partial charge < -0.3 is 14.6 Å². The van der Waals surface area contributed by atoms with Crippen molar-refractivity contribution in [2.45, 2.75) is 52.6 Å². The van der Waals surface area contributed by atoms with E-state index in [1.54, 1.807) is 12.0 Å². The number of rotatable bonds is 5. The second-order valence-corrected chi connectivity index (χ2v) is 8.05. The quantitative estimate of drug-likeness (QED) is 0.640. The highest BCUT2D eigenvalue weighted by molar-refractivity contribution is 6.02. The fourth-order valence-corrected chi connectivity index (χ4v) is 3.91. The van der Waals surface area contributed by atoms with Crippen molar-refractivity contribution in [2.24, 2.45) is 0 Å². The zero-order valence-corrected chi connectivity index (χ0v) is 18.4. The number of benzene rings is 2. The Kier molecular flexibility index (Phi) is 6.21. The molecular formula is C24H29N5O2. The number of urea groups is 1. The molecule has 1 aliphatic heterocycles. The molecule has 0 fully saturated rings. The van der Waals surface area contributed by atoms with Gasteiger partial charge in [0.05, 0.1) is 19.3 Å². The van der Waals surface area contributed by atoms with Crippen molar-refractivity contribution >= 4 is 17.4 Å². The first-order valence-corrected chi connectivity index (χ1v) is 10.8. The van der Waals surface area contributed by atoms with Crippen molar-refractivity contribution in [1.29, 1.82) is 0 Å². The molecule has 3 aromatic rings. The van der Waals surface area contributed by atoms with E-state index >= 15 is 0 Å². The molecule has 0 unspecified atom stereocenters. The van der Waals surface area contributed by atoms with Crippen molar-refractivity contribution in [2.75, 3.05) is 17.3 Å². The van der Waals surface area contributed by atoms with Gasteiger partial charge in [0, 0.05) is 18.7 Å². The van der Waals surface area contributed by atoms with Crippen LogP contribution in [-0.4, -0.2) is 27.9 Å². The van der Waals surface area contributed by atoms with Gasteiger partial charge in [-0.05, 0) is 56.5 Å². The second kappa shape index (κ2) is 9.20. The number of carbonyl (C=O) groups excluding carboxylic acids is 1. The van der Waals surface area contributed by atoms with Gasteiger partial charge in [0.1, 0.15) is 11.6 Å². The summed E-state index contributed by atoms with van der Waals surface area (Å²) >= 11 is 0. The Bertz CT molecular complexity index is 1060. The van der Waals surface area contributed by atoms with Crippen LogP contribution in [0, 0.1) is 13.8 Å². The molecular weight excluding hydrogens is 390 g/mol. The SMILES string of the molecule is COc1ccc(C)cc1N(Cc1nnc2n1CCCCC2)C(=O)Nc1ccc(C)cc1. The summed E-state index contributed by atoms with van der Waals surface area (Å²) in [6.45, 7) is 5.22. The van der Waals surface area contributed by atoms with Crippen molar-refractivity contribution in [3.8, 4) is 5.75 Å². The molecule has 2 heterocycles.